The van der Waals surface area contributed by atoms with Crippen molar-refractivity contribution in [2.75, 3.05) is 13.1 Å². The second-order valence-electron chi connectivity index (χ2n) is 5.33. The minimum absolute atomic E-state index is 0.839. The number of hydrogen-bond acceptors (Lipinski definition) is 2. The Morgan fingerprint density at radius 3 is 2.55 bits per heavy atom. The zero-order valence-corrected chi connectivity index (χ0v) is 12.7. The molecule has 5 heteroatoms. The molecule has 20 heavy (non-hydrogen) atoms. The molecule has 0 atom stereocenters. The Bertz CT molecular complexity index is 623. The molecular weight excluding hydrogens is 268 g/mol. The number of hydrogen-bond donors (Lipinski definition) is 1. The molecule has 106 valence electrons. The normalized spacial score (nSPS) is 15.8. The number of aromatic nitrogens is 3. The lowest BCUT2D eigenvalue weighted by Gasteiger charge is -2.10. The molecule has 2 aromatic rings. The Labute approximate surface area is 124 Å². The Morgan fingerprint density at radius 1 is 1.20 bits per heavy atom. The molecule has 0 aliphatic carbocycles. The molecule has 1 fully saturated rings. The summed E-state index contributed by atoms with van der Waals surface area (Å²) in [5.41, 5.74) is 1.13. The van der Waals surface area contributed by atoms with Gasteiger partial charge in [0.05, 0.1) is 13.1 Å². The molecule has 1 aliphatic rings. The first-order chi connectivity index (χ1) is 9.79. The molecule has 3 rings (SSSR count). The first kappa shape index (κ1) is 13.5. The highest BCUT2D eigenvalue weighted by molar-refractivity contribution is 7.71. The van der Waals surface area contributed by atoms with Crippen LogP contribution < -0.4 is 4.90 Å². The summed E-state index contributed by atoms with van der Waals surface area (Å²) >= 11 is 5.60. The van der Waals surface area contributed by atoms with Gasteiger partial charge in [0.2, 0.25) is 4.77 Å². The Hall–Kier alpha value is -1.46. The summed E-state index contributed by atoms with van der Waals surface area (Å²) in [6.45, 7) is 6.35. The minimum Gasteiger partial charge on any atom is -0.316 e. The van der Waals surface area contributed by atoms with Gasteiger partial charge in [0.25, 0.3) is 0 Å². The second kappa shape index (κ2) is 5.89. The van der Waals surface area contributed by atoms with E-state index in [1.165, 1.54) is 25.9 Å². The number of likely N-dealkylation sites (tertiary alicyclic amines) is 1. The van der Waals surface area contributed by atoms with Crippen LogP contribution in [0.25, 0.3) is 11.4 Å². The first-order valence-corrected chi connectivity index (χ1v) is 7.77. The van der Waals surface area contributed by atoms with E-state index < -0.39 is 0 Å². The fourth-order valence-electron chi connectivity index (χ4n) is 2.87. The number of nitrogens with zero attached hydrogens (tertiary/aromatic N) is 3. The van der Waals surface area contributed by atoms with E-state index in [-0.39, 0.29) is 0 Å². The smallest absolute Gasteiger partial charge is 0.203 e. The van der Waals surface area contributed by atoms with Gasteiger partial charge < -0.3 is 9.47 Å². The van der Waals surface area contributed by atoms with Crippen molar-refractivity contribution in [1.82, 2.24) is 14.3 Å². The zero-order chi connectivity index (χ0) is 13.9. The van der Waals surface area contributed by atoms with Gasteiger partial charge in [-0.05, 0) is 19.1 Å². The lowest BCUT2D eigenvalue weighted by atomic mass is 10.2. The lowest BCUT2D eigenvalue weighted by molar-refractivity contribution is -0.911. The second-order valence-corrected chi connectivity index (χ2v) is 5.70. The summed E-state index contributed by atoms with van der Waals surface area (Å²) in [5, 5.41) is 4.77. The predicted molar refractivity (Wildman–Crippen MR) is 82.1 cm³/mol. The SMILES string of the molecule is CCn1c(-c2ccccc2)nn(C[NH+]2CCCC2)c1=S. The van der Waals surface area contributed by atoms with Gasteiger partial charge in [0, 0.05) is 24.9 Å². The standard InChI is InChI=1S/C15H20N4S/c1-2-18-14(13-8-4-3-5-9-13)16-19(15(18)20)12-17-10-6-7-11-17/h3-5,8-9H,2,6-7,10-12H2,1H3/p+1. The molecule has 0 spiro atoms. The van der Waals surface area contributed by atoms with Crippen molar-refractivity contribution >= 4 is 12.2 Å². The van der Waals surface area contributed by atoms with Crippen molar-refractivity contribution in [1.29, 1.82) is 0 Å². The summed E-state index contributed by atoms with van der Waals surface area (Å²) in [7, 11) is 0. The van der Waals surface area contributed by atoms with E-state index in [0.29, 0.717) is 0 Å². The van der Waals surface area contributed by atoms with Crippen LogP contribution in [0.15, 0.2) is 30.3 Å². The van der Waals surface area contributed by atoms with E-state index in [1.807, 2.05) is 22.9 Å². The average Bonchev–Trinajstić information content (AvgIpc) is 3.09. The Morgan fingerprint density at radius 2 is 1.90 bits per heavy atom. The van der Waals surface area contributed by atoms with Gasteiger partial charge in [0.15, 0.2) is 12.5 Å². The number of quaternary nitrogens is 1. The highest BCUT2D eigenvalue weighted by atomic mass is 32.1. The van der Waals surface area contributed by atoms with Crippen LogP contribution in [0, 0.1) is 4.77 Å². The Kier molecular flexibility index (Phi) is 3.98. The van der Waals surface area contributed by atoms with Crippen LogP contribution in [-0.2, 0) is 13.2 Å². The van der Waals surface area contributed by atoms with E-state index in [9.17, 15) is 0 Å². The molecule has 2 heterocycles. The van der Waals surface area contributed by atoms with Crippen molar-refractivity contribution in [2.24, 2.45) is 0 Å². The fourth-order valence-corrected chi connectivity index (χ4v) is 3.20. The van der Waals surface area contributed by atoms with E-state index in [2.05, 4.69) is 23.6 Å². The third-order valence-corrected chi connectivity index (χ3v) is 4.39. The topological polar surface area (TPSA) is 27.2 Å². The third-order valence-electron chi connectivity index (χ3n) is 3.96. The molecule has 1 aromatic carbocycles. The van der Waals surface area contributed by atoms with Gasteiger partial charge >= 0.3 is 0 Å². The van der Waals surface area contributed by atoms with Crippen molar-refractivity contribution in [3.8, 4) is 11.4 Å². The largest absolute Gasteiger partial charge is 0.316 e. The molecule has 1 saturated heterocycles. The summed E-state index contributed by atoms with van der Waals surface area (Å²) in [6, 6.07) is 10.3. The maximum atomic E-state index is 5.60. The van der Waals surface area contributed by atoms with Crippen LogP contribution in [0.2, 0.25) is 0 Å². The van der Waals surface area contributed by atoms with Gasteiger partial charge in [0.1, 0.15) is 0 Å². The average molecular weight is 289 g/mol. The molecule has 0 bridgehead atoms. The molecule has 1 N–H and O–H groups in total. The number of nitrogens with one attached hydrogen (secondary N) is 1. The summed E-state index contributed by atoms with van der Waals surface area (Å²) in [6.07, 6.45) is 2.64. The predicted octanol–water partition coefficient (Wildman–Crippen LogP) is 1.74. The van der Waals surface area contributed by atoms with Crippen LogP contribution in [0.1, 0.15) is 19.8 Å². The minimum atomic E-state index is 0.839. The van der Waals surface area contributed by atoms with Crippen LogP contribution in [-0.4, -0.2) is 27.4 Å². The van der Waals surface area contributed by atoms with Gasteiger partial charge in [-0.15, -0.1) is 5.10 Å². The van der Waals surface area contributed by atoms with Gasteiger partial charge in [-0.3, -0.25) is 0 Å². The van der Waals surface area contributed by atoms with Crippen LogP contribution in [0.3, 0.4) is 0 Å². The number of rotatable bonds is 4. The molecule has 4 nitrogen and oxygen atoms in total. The molecule has 1 aromatic heterocycles. The fraction of sp³-hybridized carbons (Fsp3) is 0.467. The molecular formula is C15H21N4S+. The first-order valence-electron chi connectivity index (χ1n) is 7.36. The molecule has 0 unspecified atom stereocenters. The molecule has 1 aliphatic heterocycles. The maximum Gasteiger partial charge on any atom is 0.203 e. The molecule has 0 amide bonds. The van der Waals surface area contributed by atoms with Crippen molar-refractivity contribution in [3.63, 3.8) is 0 Å². The lowest BCUT2D eigenvalue weighted by Crippen LogP contribution is -3.09. The molecule has 0 radical (unpaired) electrons. The highest BCUT2D eigenvalue weighted by Crippen LogP contribution is 2.17. The third kappa shape index (κ3) is 2.55. The van der Waals surface area contributed by atoms with E-state index in [0.717, 1.165) is 29.4 Å². The summed E-state index contributed by atoms with van der Waals surface area (Å²) in [4.78, 5) is 1.58. The van der Waals surface area contributed by atoms with Crippen molar-refractivity contribution < 1.29 is 4.90 Å². The van der Waals surface area contributed by atoms with Gasteiger partial charge in [-0.1, -0.05) is 30.3 Å². The van der Waals surface area contributed by atoms with Gasteiger partial charge in [-0.25, -0.2) is 0 Å². The summed E-state index contributed by atoms with van der Waals surface area (Å²) < 4.78 is 4.97. The van der Waals surface area contributed by atoms with E-state index in [4.69, 9.17) is 17.3 Å². The quantitative estimate of drug-likeness (QED) is 0.868. The highest BCUT2D eigenvalue weighted by Gasteiger charge is 2.18. The number of benzene rings is 1. The monoisotopic (exact) mass is 289 g/mol. The zero-order valence-electron chi connectivity index (χ0n) is 11.9. The van der Waals surface area contributed by atoms with Crippen LogP contribution in [0.5, 0.6) is 0 Å². The van der Waals surface area contributed by atoms with Crippen LogP contribution >= 0.6 is 12.2 Å². The van der Waals surface area contributed by atoms with Crippen molar-refractivity contribution in [2.45, 2.75) is 33.0 Å². The molecule has 0 saturated carbocycles. The van der Waals surface area contributed by atoms with E-state index >= 15 is 0 Å². The summed E-state index contributed by atoms with van der Waals surface area (Å²) in [5.74, 6) is 0.983. The van der Waals surface area contributed by atoms with Crippen molar-refractivity contribution in [3.05, 3.63) is 35.1 Å². The van der Waals surface area contributed by atoms with Gasteiger partial charge in [-0.2, -0.15) is 4.68 Å². The van der Waals surface area contributed by atoms with Crippen LogP contribution in [0.4, 0.5) is 0 Å². The maximum absolute atomic E-state index is 5.60. The van der Waals surface area contributed by atoms with E-state index in [1.54, 1.807) is 4.90 Å². The Balaban J connectivity index is 1.96.